The fraction of sp³-hybridized carbons (Fsp3) is 0.250. The minimum absolute atomic E-state index is 0.0977. The van der Waals surface area contributed by atoms with Crippen molar-refractivity contribution in [3.8, 4) is 0 Å². The van der Waals surface area contributed by atoms with E-state index in [1.54, 1.807) is 10.6 Å². The molecule has 5 nitrogen and oxygen atoms in total. The zero-order valence-corrected chi connectivity index (χ0v) is 17.1. The van der Waals surface area contributed by atoms with Crippen molar-refractivity contribution in [1.29, 1.82) is 0 Å². The number of thiophene rings is 1. The van der Waals surface area contributed by atoms with Crippen LogP contribution in [0.15, 0.2) is 52.3 Å². The zero-order valence-electron chi connectivity index (χ0n) is 15.5. The van der Waals surface area contributed by atoms with Crippen molar-refractivity contribution in [2.45, 2.75) is 37.7 Å². The number of carbonyl (C=O) groups excluding carboxylic acids is 1. The Balaban J connectivity index is 1.86. The summed E-state index contributed by atoms with van der Waals surface area (Å²) in [5.74, 6) is -0.126. The minimum atomic E-state index is -0.413. The maximum atomic E-state index is 12.7. The van der Waals surface area contributed by atoms with Gasteiger partial charge in [-0.3, -0.25) is 14.2 Å². The summed E-state index contributed by atoms with van der Waals surface area (Å²) in [6.45, 7) is 9.83. The van der Waals surface area contributed by atoms with E-state index in [-0.39, 0.29) is 11.5 Å². The van der Waals surface area contributed by atoms with Crippen molar-refractivity contribution in [3.05, 3.63) is 63.8 Å². The Labute approximate surface area is 166 Å². The van der Waals surface area contributed by atoms with Gasteiger partial charge in [-0.25, -0.2) is 4.98 Å². The van der Waals surface area contributed by atoms with Crippen LogP contribution < -0.4 is 10.9 Å². The number of allylic oxidation sites excluding steroid dienone is 1. The van der Waals surface area contributed by atoms with E-state index in [1.165, 1.54) is 23.1 Å². The number of rotatable bonds is 6. The largest absolute Gasteiger partial charge is 0.325 e. The van der Waals surface area contributed by atoms with Gasteiger partial charge in [0.1, 0.15) is 4.70 Å². The summed E-state index contributed by atoms with van der Waals surface area (Å²) < 4.78 is 2.19. The third kappa shape index (κ3) is 4.14. The first kappa shape index (κ1) is 19.4. The molecular weight excluding hydrogens is 378 g/mol. The smallest absolute Gasteiger partial charge is 0.272 e. The second-order valence-corrected chi connectivity index (χ2v) is 8.53. The maximum Gasteiger partial charge on any atom is 0.272 e. The third-order valence-electron chi connectivity index (χ3n) is 4.14. The second-order valence-electron chi connectivity index (χ2n) is 6.30. The van der Waals surface area contributed by atoms with E-state index in [0.29, 0.717) is 21.9 Å². The molecule has 140 valence electrons. The van der Waals surface area contributed by atoms with Crippen LogP contribution in [0.2, 0.25) is 0 Å². The van der Waals surface area contributed by atoms with E-state index in [2.05, 4.69) is 16.9 Å². The van der Waals surface area contributed by atoms with Gasteiger partial charge in [-0.1, -0.05) is 30.0 Å². The van der Waals surface area contributed by atoms with Crippen molar-refractivity contribution in [2.24, 2.45) is 0 Å². The summed E-state index contributed by atoms with van der Waals surface area (Å²) >= 11 is 2.65. The lowest BCUT2D eigenvalue weighted by atomic mass is 10.1. The molecule has 0 spiro atoms. The molecular formula is C20H21N3O2S2. The SMILES string of the molecule is C=CCn1c(SC(C)C(=O)Nc2cc(C)ccc2C)nc2ccsc2c1=O. The van der Waals surface area contributed by atoms with Crippen molar-refractivity contribution >= 4 is 44.9 Å². The number of thioether (sulfide) groups is 1. The van der Waals surface area contributed by atoms with Crippen LogP contribution in [0.25, 0.3) is 10.2 Å². The molecule has 0 aliphatic rings. The summed E-state index contributed by atoms with van der Waals surface area (Å²) in [6, 6.07) is 7.77. The molecule has 0 fully saturated rings. The van der Waals surface area contributed by atoms with E-state index in [0.717, 1.165) is 16.8 Å². The van der Waals surface area contributed by atoms with Gasteiger partial charge in [0.15, 0.2) is 5.16 Å². The number of anilines is 1. The van der Waals surface area contributed by atoms with Gasteiger partial charge in [0.05, 0.1) is 10.8 Å². The highest BCUT2D eigenvalue weighted by Gasteiger charge is 2.20. The Morgan fingerprint density at radius 1 is 1.41 bits per heavy atom. The normalized spacial score (nSPS) is 12.1. The Morgan fingerprint density at radius 3 is 2.93 bits per heavy atom. The third-order valence-corrected chi connectivity index (χ3v) is 6.13. The highest BCUT2D eigenvalue weighted by Crippen LogP contribution is 2.26. The van der Waals surface area contributed by atoms with Crippen LogP contribution in [0.4, 0.5) is 5.69 Å². The van der Waals surface area contributed by atoms with Gasteiger partial charge in [-0.2, -0.15) is 0 Å². The van der Waals surface area contributed by atoms with Crippen molar-refractivity contribution in [3.63, 3.8) is 0 Å². The standard InChI is InChI=1S/C20H21N3O2S2/c1-5-9-23-19(25)17-15(8-10-26-17)22-20(23)27-14(4)18(24)21-16-11-12(2)6-7-13(16)3/h5-8,10-11,14H,1,9H2,2-4H3,(H,21,24). The van der Waals surface area contributed by atoms with Gasteiger partial charge < -0.3 is 5.32 Å². The van der Waals surface area contributed by atoms with E-state index < -0.39 is 5.25 Å². The topological polar surface area (TPSA) is 64.0 Å². The van der Waals surface area contributed by atoms with Crippen LogP contribution in [0.1, 0.15) is 18.1 Å². The van der Waals surface area contributed by atoms with Crippen LogP contribution in [0, 0.1) is 13.8 Å². The molecule has 0 bridgehead atoms. The number of aromatic nitrogens is 2. The minimum Gasteiger partial charge on any atom is -0.325 e. The highest BCUT2D eigenvalue weighted by atomic mass is 32.2. The van der Waals surface area contributed by atoms with E-state index in [1.807, 2.05) is 50.4 Å². The molecule has 27 heavy (non-hydrogen) atoms. The molecule has 0 aliphatic carbocycles. The molecule has 3 rings (SSSR count). The lowest BCUT2D eigenvalue weighted by Crippen LogP contribution is -2.26. The van der Waals surface area contributed by atoms with Crippen LogP contribution in [0.5, 0.6) is 0 Å². The number of fused-ring (bicyclic) bond motifs is 1. The fourth-order valence-corrected chi connectivity index (χ4v) is 4.32. The molecule has 7 heteroatoms. The Kier molecular flexibility index (Phi) is 5.82. The second kappa shape index (κ2) is 8.10. The van der Waals surface area contributed by atoms with Gasteiger partial charge in [0.2, 0.25) is 5.91 Å². The first-order valence-electron chi connectivity index (χ1n) is 8.54. The van der Waals surface area contributed by atoms with Gasteiger partial charge in [-0.05, 0) is 49.4 Å². The van der Waals surface area contributed by atoms with Crippen LogP contribution in [0.3, 0.4) is 0 Å². The zero-order chi connectivity index (χ0) is 19.6. The number of hydrogen-bond acceptors (Lipinski definition) is 5. The van der Waals surface area contributed by atoms with E-state index in [9.17, 15) is 9.59 Å². The molecule has 1 atom stereocenters. The average molecular weight is 400 g/mol. The molecule has 0 aliphatic heterocycles. The van der Waals surface area contributed by atoms with Crippen molar-refractivity contribution < 1.29 is 4.79 Å². The number of amides is 1. The van der Waals surface area contributed by atoms with Gasteiger partial charge in [0.25, 0.3) is 5.56 Å². The number of nitrogens with one attached hydrogen (secondary N) is 1. The fourth-order valence-electron chi connectivity index (χ4n) is 2.62. The summed E-state index contributed by atoms with van der Waals surface area (Å²) in [7, 11) is 0. The number of nitrogens with zero attached hydrogens (tertiary/aromatic N) is 2. The molecule has 0 saturated heterocycles. The van der Waals surface area contributed by atoms with Gasteiger partial charge in [-0.15, -0.1) is 17.9 Å². The van der Waals surface area contributed by atoms with Crippen molar-refractivity contribution in [2.75, 3.05) is 5.32 Å². The Hall–Kier alpha value is -2.38. The number of benzene rings is 1. The lowest BCUT2D eigenvalue weighted by Gasteiger charge is -2.16. The molecule has 0 radical (unpaired) electrons. The molecule has 2 heterocycles. The molecule has 2 aromatic heterocycles. The van der Waals surface area contributed by atoms with Gasteiger partial charge in [0, 0.05) is 12.2 Å². The monoisotopic (exact) mass is 399 g/mol. The predicted molar refractivity (Wildman–Crippen MR) is 114 cm³/mol. The Morgan fingerprint density at radius 2 is 2.19 bits per heavy atom. The molecule has 0 saturated carbocycles. The van der Waals surface area contributed by atoms with E-state index in [4.69, 9.17) is 0 Å². The van der Waals surface area contributed by atoms with Crippen LogP contribution in [-0.4, -0.2) is 20.7 Å². The summed E-state index contributed by atoms with van der Waals surface area (Å²) in [4.78, 5) is 30.0. The molecule has 3 aromatic rings. The van der Waals surface area contributed by atoms with E-state index >= 15 is 0 Å². The highest BCUT2D eigenvalue weighted by molar-refractivity contribution is 8.00. The lowest BCUT2D eigenvalue weighted by molar-refractivity contribution is -0.115. The first-order chi connectivity index (χ1) is 12.9. The summed E-state index contributed by atoms with van der Waals surface area (Å²) in [5, 5.41) is 4.94. The molecule has 1 amide bonds. The molecule has 1 aromatic carbocycles. The molecule has 1 N–H and O–H groups in total. The average Bonchev–Trinajstić information content (AvgIpc) is 3.10. The number of aryl methyl sites for hydroxylation is 2. The summed E-state index contributed by atoms with van der Waals surface area (Å²) in [5.41, 5.74) is 3.46. The summed E-state index contributed by atoms with van der Waals surface area (Å²) in [6.07, 6.45) is 1.66. The maximum absolute atomic E-state index is 12.7. The van der Waals surface area contributed by atoms with Crippen LogP contribution >= 0.6 is 23.1 Å². The predicted octanol–water partition coefficient (Wildman–Crippen LogP) is 4.38. The quantitative estimate of drug-likeness (QED) is 0.380. The van der Waals surface area contributed by atoms with Gasteiger partial charge >= 0.3 is 0 Å². The first-order valence-corrected chi connectivity index (χ1v) is 10.3. The van der Waals surface area contributed by atoms with Crippen LogP contribution in [-0.2, 0) is 11.3 Å². The van der Waals surface area contributed by atoms with Crippen molar-refractivity contribution in [1.82, 2.24) is 9.55 Å². The Bertz CT molecular complexity index is 1070. The molecule has 1 unspecified atom stereocenters. The number of carbonyl (C=O) groups is 1. The number of hydrogen-bond donors (Lipinski definition) is 1.